The van der Waals surface area contributed by atoms with Crippen LogP contribution in [0.2, 0.25) is 5.02 Å². The van der Waals surface area contributed by atoms with E-state index in [1.807, 2.05) is 7.05 Å². The smallest absolute Gasteiger partial charge is 0.124 e. The maximum Gasteiger partial charge on any atom is 0.124 e. The topological polar surface area (TPSA) is 24.5 Å². The predicted octanol–water partition coefficient (Wildman–Crippen LogP) is 2.46. The van der Waals surface area contributed by atoms with Crippen LogP contribution in [0, 0.1) is 5.82 Å². The van der Waals surface area contributed by atoms with Gasteiger partial charge in [-0.15, -0.1) is 0 Å². The first-order chi connectivity index (χ1) is 9.13. The Balaban J connectivity index is 2.25. The molecule has 3 nitrogen and oxygen atoms in total. The summed E-state index contributed by atoms with van der Waals surface area (Å²) in [4.78, 5) is 2.21. The Hall–Kier alpha value is -0.680. The molecule has 0 bridgehead atoms. The van der Waals surface area contributed by atoms with Gasteiger partial charge in [0.15, 0.2) is 0 Å². The highest BCUT2D eigenvalue weighted by Crippen LogP contribution is 2.33. The number of morpholine rings is 1. The van der Waals surface area contributed by atoms with Crippen LogP contribution in [0.3, 0.4) is 0 Å². The van der Waals surface area contributed by atoms with Crippen molar-refractivity contribution in [2.24, 2.45) is 0 Å². The third kappa shape index (κ3) is 3.45. The van der Waals surface area contributed by atoms with Crippen LogP contribution in [0.4, 0.5) is 4.39 Å². The fourth-order valence-corrected chi connectivity index (χ4v) is 2.78. The van der Waals surface area contributed by atoms with E-state index in [4.69, 9.17) is 16.3 Å². The Morgan fingerprint density at radius 3 is 3.00 bits per heavy atom. The Bertz CT molecular complexity index is 430. The summed E-state index contributed by atoms with van der Waals surface area (Å²) in [5.41, 5.74) is 0.924. The Morgan fingerprint density at radius 2 is 2.32 bits per heavy atom. The SMILES string of the molecule is CCNCC1OCCN(C)C1c1ccc(F)cc1Cl. The number of benzene rings is 1. The molecule has 5 heteroatoms. The Labute approximate surface area is 118 Å². The van der Waals surface area contributed by atoms with Crippen LogP contribution in [-0.4, -0.2) is 44.3 Å². The van der Waals surface area contributed by atoms with Gasteiger partial charge >= 0.3 is 0 Å². The minimum atomic E-state index is -0.309. The summed E-state index contributed by atoms with van der Waals surface area (Å²) in [5, 5.41) is 3.76. The van der Waals surface area contributed by atoms with Crippen molar-refractivity contribution >= 4 is 11.6 Å². The lowest BCUT2D eigenvalue weighted by Crippen LogP contribution is -2.47. The van der Waals surface area contributed by atoms with Gasteiger partial charge in [0, 0.05) is 18.1 Å². The standard InChI is InChI=1S/C14H20ClFN2O/c1-3-17-9-13-14(18(2)6-7-19-13)11-5-4-10(16)8-12(11)15/h4-5,8,13-14,17H,3,6-7,9H2,1-2H3. The van der Waals surface area contributed by atoms with E-state index in [1.54, 1.807) is 6.07 Å². The van der Waals surface area contributed by atoms with Gasteiger partial charge in [-0.2, -0.15) is 0 Å². The van der Waals surface area contributed by atoms with Crippen molar-refractivity contribution in [3.63, 3.8) is 0 Å². The molecule has 0 aromatic heterocycles. The zero-order chi connectivity index (χ0) is 13.8. The van der Waals surface area contributed by atoms with Crippen LogP contribution >= 0.6 is 11.6 Å². The van der Waals surface area contributed by atoms with Crippen LogP contribution in [0.5, 0.6) is 0 Å². The summed E-state index contributed by atoms with van der Waals surface area (Å²) in [7, 11) is 2.05. The molecular weight excluding hydrogens is 267 g/mol. The highest BCUT2D eigenvalue weighted by molar-refractivity contribution is 6.31. The quantitative estimate of drug-likeness (QED) is 0.920. The molecule has 1 aromatic rings. The summed E-state index contributed by atoms with van der Waals surface area (Å²) in [6, 6.07) is 4.63. The summed E-state index contributed by atoms with van der Waals surface area (Å²) >= 11 is 6.18. The van der Waals surface area contributed by atoms with Gasteiger partial charge in [-0.05, 0) is 31.3 Å². The molecule has 106 valence electrons. The van der Waals surface area contributed by atoms with Crippen LogP contribution in [-0.2, 0) is 4.74 Å². The first kappa shape index (κ1) is 14.7. The lowest BCUT2D eigenvalue weighted by molar-refractivity contribution is -0.0611. The molecule has 1 fully saturated rings. The maximum atomic E-state index is 13.2. The van der Waals surface area contributed by atoms with E-state index in [9.17, 15) is 4.39 Å². The number of nitrogens with zero attached hydrogens (tertiary/aromatic N) is 1. The molecule has 1 N–H and O–H groups in total. The monoisotopic (exact) mass is 286 g/mol. The maximum absolute atomic E-state index is 13.2. The minimum Gasteiger partial charge on any atom is -0.374 e. The number of ether oxygens (including phenoxy) is 1. The van der Waals surface area contributed by atoms with Crippen molar-refractivity contribution in [1.82, 2.24) is 10.2 Å². The largest absolute Gasteiger partial charge is 0.374 e. The van der Waals surface area contributed by atoms with E-state index < -0.39 is 0 Å². The second kappa shape index (κ2) is 6.66. The summed E-state index contributed by atoms with van der Waals surface area (Å²) < 4.78 is 19.0. The summed E-state index contributed by atoms with van der Waals surface area (Å²) in [6.45, 7) is 5.28. The fraction of sp³-hybridized carbons (Fsp3) is 0.571. The lowest BCUT2D eigenvalue weighted by atomic mass is 9.98. The molecular formula is C14H20ClFN2O. The second-order valence-corrected chi connectivity index (χ2v) is 5.22. The van der Waals surface area contributed by atoms with E-state index in [0.29, 0.717) is 11.6 Å². The molecule has 1 aromatic carbocycles. The van der Waals surface area contributed by atoms with Crippen LogP contribution < -0.4 is 5.32 Å². The number of hydrogen-bond acceptors (Lipinski definition) is 3. The van der Waals surface area contributed by atoms with E-state index in [0.717, 1.165) is 25.2 Å². The van der Waals surface area contributed by atoms with Gasteiger partial charge in [0.25, 0.3) is 0 Å². The Morgan fingerprint density at radius 1 is 1.53 bits per heavy atom. The van der Waals surface area contributed by atoms with Crippen LogP contribution in [0.1, 0.15) is 18.5 Å². The van der Waals surface area contributed by atoms with E-state index >= 15 is 0 Å². The number of hydrogen-bond donors (Lipinski definition) is 1. The molecule has 1 heterocycles. The van der Waals surface area contributed by atoms with E-state index in [1.165, 1.54) is 12.1 Å². The molecule has 0 aliphatic carbocycles. The van der Waals surface area contributed by atoms with Gasteiger partial charge in [-0.25, -0.2) is 4.39 Å². The van der Waals surface area contributed by atoms with Crippen molar-refractivity contribution in [2.45, 2.75) is 19.1 Å². The molecule has 0 radical (unpaired) electrons. The average molecular weight is 287 g/mol. The van der Waals surface area contributed by atoms with Gasteiger partial charge < -0.3 is 10.1 Å². The van der Waals surface area contributed by atoms with Crippen LogP contribution in [0.15, 0.2) is 18.2 Å². The van der Waals surface area contributed by atoms with E-state index in [2.05, 4.69) is 17.1 Å². The first-order valence-corrected chi connectivity index (χ1v) is 6.98. The van der Waals surface area contributed by atoms with Gasteiger partial charge in [0.05, 0.1) is 18.8 Å². The molecule has 1 aliphatic rings. The highest BCUT2D eigenvalue weighted by Gasteiger charge is 2.32. The fourth-order valence-electron chi connectivity index (χ4n) is 2.50. The van der Waals surface area contributed by atoms with Crippen molar-refractivity contribution in [3.05, 3.63) is 34.6 Å². The van der Waals surface area contributed by atoms with E-state index in [-0.39, 0.29) is 18.0 Å². The second-order valence-electron chi connectivity index (χ2n) is 4.81. The van der Waals surface area contributed by atoms with Gasteiger partial charge in [-0.3, -0.25) is 4.90 Å². The average Bonchev–Trinajstić information content (AvgIpc) is 2.37. The third-order valence-corrected chi connectivity index (χ3v) is 3.81. The first-order valence-electron chi connectivity index (χ1n) is 6.61. The molecule has 0 spiro atoms. The van der Waals surface area contributed by atoms with Crippen molar-refractivity contribution in [1.29, 1.82) is 0 Å². The van der Waals surface area contributed by atoms with Crippen molar-refractivity contribution in [2.75, 3.05) is 33.3 Å². The predicted molar refractivity (Wildman–Crippen MR) is 75.1 cm³/mol. The van der Waals surface area contributed by atoms with Gasteiger partial charge in [0.2, 0.25) is 0 Å². The van der Waals surface area contributed by atoms with Crippen molar-refractivity contribution in [3.8, 4) is 0 Å². The molecule has 1 aliphatic heterocycles. The van der Waals surface area contributed by atoms with Crippen molar-refractivity contribution < 1.29 is 9.13 Å². The normalized spacial score (nSPS) is 24.6. The molecule has 1 saturated heterocycles. The minimum absolute atomic E-state index is 0.0293. The van der Waals surface area contributed by atoms with Crippen LogP contribution in [0.25, 0.3) is 0 Å². The van der Waals surface area contributed by atoms with Gasteiger partial charge in [-0.1, -0.05) is 24.6 Å². The van der Waals surface area contributed by atoms with Gasteiger partial charge in [0.1, 0.15) is 5.82 Å². The molecule has 2 rings (SSSR count). The summed E-state index contributed by atoms with van der Waals surface area (Å²) in [6.07, 6.45) is 0.0293. The molecule has 0 amide bonds. The third-order valence-electron chi connectivity index (χ3n) is 3.48. The lowest BCUT2D eigenvalue weighted by Gasteiger charge is -2.40. The number of rotatable bonds is 4. The molecule has 2 atom stereocenters. The summed E-state index contributed by atoms with van der Waals surface area (Å²) in [5.74, 6) is -0.309. The molecule has 2 unspecified atom stereocenters. The number of nitrogens with one attached hydrogen (secondary N) is 1. The Kier molecular flexibility index (Phi) is 5.16. The number of likely N-dealkylation sites (N-methyl/N-ethyl adjacent to an activating group) is 2. The zero-order valence-corrected chi connectivity index (χ0v) is 12.1. The molecule has 19 heavy (non-hydrogen) atoms. The highest BCUT2D eigenvalue weighted by atomic mass is 35.5. The zero-order valence-electron chi connectivity index (χ0n) is 11.3. The molecule has 0 saturated carbocycles. The number of halogens is 2.